The molecule has 2 aromatic carbocycles. The van der Waals surface area contributed by atoms with E-state index in [4.69, 9.17) is 21.7 Å². The Kier molecular flexibility index (Phi) is 6.60. The molecule has 0 bridgehead atoms. The van der Waals surface area contributed by atoms with Crippen LogP contribution in [-0.2, 0) is 20.6 Å². The first-order valence-corrected chi connectivity index (χ1v) is 11.3. The van der Waals surface area contributed by atoms with E-state index < -0.39 is 41.9 Å². The van der Waals surface area contributed by atoms with Crippen LogP contribution in [0, 0.1) is 0 Å². The molecule has 0 aromatic heterocycles. The first kappa shape index (κ1) is 24.7. The first-order chi connectivity index (χ1) is 16.5. The van der Waals surface area contributed by atoms with E-state index in [0.717, 1.165) is 34.9 Å². The molecule has 1 unspecified atom stereocenters. The Morgan fingerprint density at radius 2 is 1.77 bits per heavy atom. The molecular weight excluding hydrogens is 505 g/mol. The second-order valence-corrected chi connectivity index (χ2v) is 9.18. The lowest BCUT2D eigenvalue weighted by molar-refractivity contribution is -0.137. The standard InChI is InChI=1S/C23H17F3N2O5S2/c1-32-16-7-6-12(8-17(16)33-2)9-18-21(31)28(22(34)35-18)15-11-19(29)27(20(15)30)14-5-3-4-13(10-14)23(24,25)26/h3-10,15H,11H2,1-2H3/b18-9-. The van der Waals surface area contributed by atoms with E-state index in [0.29, 0.717) is 22.0 Å². The molecule has 2 saturated heterocycles. The van der Waals surface area contributed by atoms with Crippen molar-refractivity contribution in [3.63, 3.8) is 0 Å². The van der Waals surface area contributed by atoms with Gasteiger partial charge in [0.05, 0.1) is 36.8 Å². The van der Waals surface area contributed by atoms with Gasteiger partial charge in [-0.25, -0.2) is 4.90 Å². The van der Waals surface area contributed by atoms with Crippen LogP contribution in [0.4, 0.5) is 18.9 Å². The Hall–Kier alpha value is -3.38. The van der Waals surface area contributed by atoms with Crippen molar-refractivity contribution in [2.75, 3.05) is 19.1 Å². The maximum absolute atomic E-state index is 13.1. The van der Waals surface area contributed by atoms with Crippen LogP contribution in [0.5, 0.6) is 11.5 Å². The number of carbonyl (C=O) groups excluding carboxylic acids is 3. The number of thiocarbonyl (C=S) groups is 1. The highest BCUT2D eigenvalue weighted by atomic mass is 32.2. The lowest BCUT2D eigenvalue weighted by Gasteiger charge is -2.21. The van der Waals surface area contributed by atoms with Crippen LogP contribution in [0.3, 0.4) is 0 Å². The number of ether oxygens (including phenoxy) is 2. The molecule has 0 aliphatic carbocycles. The first-order valence-electron chi connectivity index (χ1n) is 10.1. The molecule has 0 radical (unpaired) electrons. The number of methoxy groups -OCH3 is 2. The van der Waals surface area contributed by atoms with Gasteiger partial charge in [-0.1, -0.05) is 36.1 Å². The van der Waals surface area contributed by atoms with Gasteiger partial charge < -0.3 is 9.47 Å². The smallest absolute Gasteiger partial charge is 0.416 e. The van der Waals surface area contributed by atoms with Crippen LogP contribution in [0.25, 0.3) is 6.08 Å². The van der Waals surface area contributed by atoms with Gasteiger partial charge in [0.25, 0.3) is 11.8 Å². The van der Waals surface area contributed by atoms with Gasteiger partial charge in [0, 0.05) is 0 Å². The van der Waals surface area contributed by atoms with Crippen molar-refractivity contribution < 1.29 is 37.0 Å². The number of nitrogens with zero attached hydrogens (tertiary/aromatic N) is 2. The largest absolute Gasteiger partial charge is 0.493 e. The summed E-state index contributed by atoms with van der Waals surface area (Å²) in [6, 6.07) is 7.68. The summed E-state index contributed by atoms with van der Waals surface area (Å²) in [5.41, 5.74) is -0.603. The lowest BCUT2D eigenvalue weighted by Crippen LogP contribution is -2.44. The van der Waals surface area contributed by atoms with E-state index in [9.17, 15) is 27.6 Å². The van der Waals surface area contributed by atoms with E-state index in [1.54, 1.807) is 24.3 Å². The monoisotopic (exact) mass is 522 g/mol. The van der Waals surface area contributed by atoms with Crippen molar-refractivity contribution in [2.24, 2.45) is 0 Å². The summed E-state index contributed by atoms with van der Waals surface area (Å²) in [6.45, 7) is 0. The van der Waals surface area contributed by atoms with Crippen LogP contribution in [0.15, 0.2) is 47.4 Å². The maximum Gasteiger partial charge on any atom is 0.416 e. The van der Waals surface area contributed by atoms with Gasteiger partial charge in [-0.2, -0.15) is 13.2 Å². The summed E-state index contributed by atoms with van der Waals surface area (Å²) in [5, 5.41) is 0. The van der Waals surface area contributed by atoms with Crippen LogP contribution in [0.2, 0.25) is 0 Å². The number of thioether (sulfide) groups is 1. The fourth-order valence-corrected chi connectivity index (χ4v) is 5.11. The van der Waals surface area contributed by atoms with Crippen LogP contribution in [0.1, 0.15) is 17.5 Å². The molecule has 2 aliphatic rings. The molecule has 12 heteroatoms. The van der Waals surface area contributed by atoms with Gasteiger partial charge in [-0.05, 0) is 42.0 Å². The third-order valence-electron chi connectivity index (χ3n) is 5.40. The molecule has 2 fully saturated rings. The predicted molar refractivity (Wildman–Crippen MR) is 127 cm³/mol. The van der Waals surface area contributed by atoms with Gasteiger partial charge in [-0.3, -0.25) is 19.3 Å². The van der Waals surface area contributed by atoms with Gasteiger partial charge in [0.2, 0.25) is 5.91 Å². The number of hydrogen-bond donors (Lipinski definition) is 0. The zero-order chi connectivity index (χ0) is 25.5. The van der Waals surface area contributed by atoms with E-state index in [2.05, 4.69) is 0 Å². The van der Waals surface area contributed by atoms with E-state index in [-0.39, 0.29) is 14.9 Å². The number of hydrogen-bond acceptors (Lipinski definition) is 7. The minimum atomic E-state index is -4.64. The summed E-state index contributed by atoms with van der Waals surface area (Å²) < 4.78 is 49.8. The summed E-state index contributed by atoms with van der Waals surface area (Å²) >= 11 is 6.26. The van der Waals surface area contributed by atoms with Crippen LogP contribution in [-0.4, -0.2) is 47.2 Å². The highest BCUT2D eigenvalue weighted by molar-refractivity contribution is 8.26. The zero-order valence-electron chi connectivity index (χ0n) is 18.3. The lowest BCUT2D eigenvalue weighted by atomic mass is 10.1. The third-order valence-corrected chi connectivity index (χ3v) is 6.73. The van der Waals surface area contributed by atoms with Crippen LogP contribution < -0.4 is 14.4 Å². The minimum absolute atomic E-state index is 0.0683. The Labute approximate surface area is 207 Å². The Bertz CT molecular complexity index is 1280. The highest BCUT2D eigenvalue weighted by Crippen LogP contribution is 2.39. The van der Waals surface area contributed by atoms with Crippen molar-refractivity contribution >= 4 is 57.8 Å². The number of halogens is 3. The van der Waals surface area contributed by atoms with Gasteiger partial charge in [-0.15, -0.1) is 0 Å². The average molecular weight is 523 g/mol. The normalized spacial score (nSPS) is 19.8. The molecular formula is C23H17F3N2O5S2. The summed E-state index contributed by atoms with van der Waals surface area (Å²) in [5.74, 6) is -1.17. The molecule has 1 atom stereocenters. The summed E-state index contributed by atoms with van der Waals surface area (Å²) in [4.78, 5) is 40.8. The molecule has 2 heterocycles. The fraction of sp³-hybridized carbons (Fsp3) is 0.217. The van der Waals surface area contributed by atoms with Gasteiger partial charge in [0.15, 0.2) is 11.5 Å². The molecule has 2 aromatic rings. The van der Waals surface area contributed by atoms with Gasteiger partial charge >= 0.3 is 6.18 Å². The number of benzene rings is 2. The summed E-state index contributed by atoms with van der Waals surface area (Å²) in [6.07, 6.45) is -3.48. The van der Waals surface area contributed by atoms with Crippen molar-refractivity contribution in [1.29, 1.82) is 0 Å². The topological polar surface area (TPSA) is 76.2 Å². The van der Waals surface area contributed by atoms with Crippen LogP contribution >= 0.6 is 24.0 Å². The highest BCUT2D eigenvalue weighted by Gasteiger charge is 2.49. The molecule has 4 rings (SSSR count). The van der Waals surface area contributed by atoms with Crippen molar-refractivity contribution in [2.45, 2.75) is 18.6 Å². The number of rotatable bonds is 5. The van der Waals surface area contributed by atoms with Crippen molar-refractivity contribution in [3.05, 3.63) is 58.5 Å². The quantitative estimate of drug-likeness (QED) is 0.330. The fourth-order valence-electron chi connectivity index (χ4n) is 3.75. The summed E-state index contributed by atoms with van der Waals surface area (Å²) in [7, 11) is 2.96. The Morgan fingerprint density at radius 3 is 2.43 bits per heavy atom. The average Bonchev–Trinajstić information content (AvgIpc) is 3.26. The number of anilines is 1. The van der Waals surface area contributed by atoms with Gasteiger partial charge in [0.1, 0.15) is 10.4 Å². The third kappa shape index (κ3) is 4.63. The van der Waals surface area contributed by atoms with E-state index in [1.165, 1.54) is 20.3 Å². The minimum Gasteiger partial charge on any atom is -0.493 e. The Balaban J connectivity index is 1.60. The second-order valence-electron chi connectivity index (χ2n) is 7.50. The molecule has 35 heavy (non-hydrogen) atoms. The zero-order valence-corrected chi connectivity index (χ0v) is 19.9. The molecule has 3 amide bonds. The molecule has 0 spiro atoms. The molecule has 182 valence electrons. The molecule has 0 saturated carbocycles. The Morgan fingerprint density at radius 1 is 1.06 bits per heavy atom. The van der Waals surface area contributed by atoms with Crippen molar-refractivity contribution in [1.82, 2.24) is 4.90 Å². The predicted octanol–water partition coefficient (Wildman–Crippen LogP) is 4.26. The van der Waals surface area contributed by atoms with Crippen molar-refractivity contribution in [3.8, 4) is 11.5 Å². The number of carbonyl (C=O) groups is 3. The molecule has 7 nitrogen and oxygen atoms in total. The number of amides is 3. The van der Waals surface area contributed by atoms with E-state index in [1.807, 2.05) is 0 Å². The second kappa shape index (κ2) is 9.34. The molecule has 2 aliphatic heterocycles. The number of alkyl halides is 3. The van der Waals surface area contributed by atoms with E-state index >= 15 is 0 Å². The molecule has 0 N–H and O–H groups in total. The maximum atomic E-state index is 13.1. The number of imide groups is 1. The SMILES string of the molecule is COc1ccc(/C=C2\SC(=S)N(C3CC(=O)N(c4cccc(C(F)(F)F)c4)C3=O)C2=O)cc1OC.